The number of rotatable bonds is 2. The van der Waals surface area contributed by atoms with Crippen molar-refractivity contribution in [2.45, 2.75) is 25.7 Å². The van der Waals surface area contributed by atoms with Crippen LogP contribution >= 0.6 is 22.9 Å². The van der Waals surface area contributed by atoms with Crippen molar-refractivity contribution >= 4 is 44.6 Å². The number of fused-ring (bicyclic) bond motifs is 3. The third-order valence-electron chi connectivity index (χ3n) is 4.55. The summed E-state index contributed by atoms with van der Waals surface area (Å²) in [4.78, 5) is 12.9. The monoisotopic (exact) mass is 318 g/mol. The number of hydrogen-bond acceptors (Lipinski definition) is 3. The van der Waals surface area contributed by atoms with Gasteiger partial charge in [0.1, 0.15) is 4.88 Å². The summed E-state index contributed by atoms with van der Waals surface area (Å²) in [7, 11) is 0. The molecule has 0 aliphatic heterocycles. The third kappa shape index (κ3) is 2.27. The smallest absolute Gasteiger partial charge is 0.266 e. The predicted molar refractivity (Wildman–Crippen MR) is 87.2 cm³/mol. The number of halogens is 1. The molecule has 2 aromatic rings. The van der Waals surface area contributed by atoms with E-state index < -0.39 is 0 Å². The van der Waals surface area contributed by atoms with Crippen molar-refractivity contribution in [3.05, 3.63) is 34.2 Å². The number of benzene rings is 1. The van der Waals surface area contributed by atoms with Gasteiger partial charge in [0.15, 0.2) is 0 Å². The standard InChI is InChI=1S/C16H15ClN2OS/c17-14-11-3-1-2-4-13(11)21-15(14)16(20)19-18-12-8-9-5-6-10(12)7-9/h1-4,9-10H,5-8H2,(H,19,20)/t9-,10-/m0/s1. The van der Waals surface area contributed by atoms with Gasteiger partial charge in [-0.1, -0.05) is 29.8 Å². The van der Waals surface area contributed by atoms with E-state index >= 15 is 0 Å². The Morgan fingerprint density at radius 2 is 2.19 bits per heavy atom. The van der Waals surface area contributed by atoms with Crippen LogP contribution in [-0.2, 0) is 0 Å². The summed E-state index contributed by atoms with van der Waals surface area (Å²) in [6.07, 6.45) is 4.84. The maximum Gasteiger partial charge on any atom is 0.283 e. The number of thiophene rings is 1. The zero-order chi connectivity index (χ0) is 14.4. The Bertz CT molecular complexity index is 752. The zero-order valence-electron chi connectivity index (χ0n) is 11.4. The lowest BCUT2D eigenvalue weighted by Crippen LogP contribution is -2.21. The molecule has 0 radical (unpaired) electrons. The lowest BCUT2D eigenvalue weighted by atomic mass is 9.99. The van der Waals surface area contributed by atoms with E-state index in [9.17, 15) is 4.79 Å². The first kappa shape index (κ1) is 13.3. The molecule has 1 aromatic carbocycles. The number of carbonyl (C=O) groups excluding carboxylic acids is 1. The van der Waals surface area contributed by atoms with Crippen LogP contribution in [0.3, 0.4) is 0 Å². The van der Waals surface area contributed by atoms with Gasteiger partial charge in [-0.15, -0.1) is 11.3 Å². The van der Waals surface area contributed by atoms with Crippen LogP contribution in [0.2, 0.25) is 5.02 Å². The molecule has 2 aliphatic carbocycles. The lowest BCUT2D eigenvalue weighted by Gasteiger charge is -2.11. The minimum Gasteiger partial charge on any atom is -0.266 e. The molecule has 2 aliphatic rings. The van der Waals surface area contributed by atoms with Gasteiger partial charge in [0.2, 0.25) is 0 Å². The second kappa shape index (κ2) is 5.11. The van der Waals surface area contributed by atoms with Crippen LogP contribution in [0.4, 0.5) is 0 Å². The average Bonchev–Trinajstić information content (AvgIpc) is 3.20. The molecule has 0 spiro atoms. The number of amides is 1. The highest BCUT2D eigenvalue weighted by atomic mass is 35.5. The van der Waals surface area contributed by atoms with Crippen molar-refractivity contribution in [1.82, 2.24) is 5.43 Å². The average molecular weight is 319 g/mol. The van der Waals surface area contributed by atoms with Crippen molar-refractivity contribution in [1.29, 1.82) is 0 Å². The van der Waals surface area contributed by atoms with Gasteiger partial charge < -0.3 is 0 Å². The molecular formula is C16H15ClN2OS. The molecule has 0 unspecified atom stereocenters. The molecular weight excluding hydrogens is 304 g/mol. The topological polar surface area (TPSA) is 41.5 Å². The Labute approximate surface area is 132 Å². The maximum atomic E-state index is 12.3. The van der Waals surface area contributed by atoms with E-state index in [2.05, 4.69) is 10.5 Å². The quantitative estimate of drug-likeness (QED) is 0.816. The van der Waals surface area contributed by atoms with Crippen LogP contribution in [0.25, 0.3) is 10.1 Å². The van der Waals surface area contributed by atoms with Crippen molar-refractivity contribution in [3.63, 3.8) is 0 Å². The molecule has 108 valence electrons. The van der Waals surface area contributed by atoms with Crippen LogP contribution in [0.1, 0.15) is 35.4 Å². The van der Waals surface area contributed by atoms with Gasteiger partial charge in [0.25, 0.3) is 5.91 Å². The number of nitrogens with one attached hydrogen (secondary N) is 1. The number of nitrogens with zero attached hydrogens (tertiary/aromatic N) is 1. The maximum absolute atomic E-state index is 12.3. The summed E-state index contributed by atoms with van der Waals surface area (Å²) >= 11 is 7.73. The normalized spacial score (nSPS) is 25.9. The molecule has 1 N–H and O–H groups in total. The lowest BCUT2D eigenvalue weighted by molar-refractivity contribution is 0.0958. The fourth-order valence-corrected chi connectivity index (χ4v) is 4.90. The van der Waals surface area contributed by atoms with Crippen LogP contribution in [0.5, 0.6) is 0 Å². The van der Waals surface area contributed by atoms with Crippen LogP contribution in [0.15, 0.2) is 29.4 Å². The fourth-order valence-electron chi connectivity index (χ4n) is 3.50. The van der Waals surface area contributed by atoms with Crippen LogP contribution in [0, 0.1) is 11.8 Å². The molecule has 1 aromatic heterocycles. The van der Waals surface area contributed by atoms with Crippen molar-refractivity contribution in [2.24, 2.45) is 16.9 Å². The van der Waals surface area contributed by atoms with Gasteiger partial charge in [0.05, 0.1) is 5.02 Å². The van der Waals surface area contributed by atoms with E-state index in [1.165, 1.54) is 30.6 Å². The Kier molecular flexibility index (Phi) is 3.23. The molecule has 2 bridgehead atoms. The summed E-state index contributed by atoms with van der Waals surface area (Å²) in [6.45, 7) is 0. The van der Waals surface area contributed by atoms with E-state index in [1.807, 2.05) is 24.3 Å². The summed E-state index contributed by atoms with van der Waals surface area (Å²) in [5.41, 5.74) is 3.87. The van der Waals surface area contributed by atoms with Crippen LogP contribution in [-0.4, -0.2) is 11.6 Å². The molecule has 2 saturated carbocycles. The molecule has 0 saturated heterocycles. The molecule has 2 atom stereocenters. The highest BCUT2D eigenvalue weighted by Gasteiger charge is 2.36. The van der Waals surface area contributed by atoms with Crippen molar-refractivity contribution in [2.75, 3.05) is 0 Å². The minimum absolute atomic E-state index is 0.198. The largest absolute Gasteiger partial charge is 0.283 e. The molecule has 3 nitrogen and oxygen atoms in total. The van der Waals surface area contributed by atoms with Crippen molar-refractivity contribution < 1.29 is 4.79 Å². The molecule has 4 rings (SSSR count). The third-order valence-corrected chi connectivity index (χ3v) is 6.23. The van der Waals surface area contributed by atoms with Gasteiger partial charge in [0, 0.05) is 15.8 Å². The number of hydrogen-bond donors (Lipinski definition) is 1. The van der Waals surface area contributed by atoms with E-state index in [4.69, 9.17) is 11.6 Å². The van der Waals surface area contributed by atoms with E-state index in [1.54, 1.807) is 0 Å². The summed E-state index contributed by atoms with van der Waals surface area (Å²) in [5, 5.41) is 5.82. The zero-order valence-corrected chi connectivity index (χ0v) is 13.0. The van der Waals surface area contributed by atoms with Gasteiger partial charge in [-0.05, 0) is 43.6 Å². The first-order valence-electron chi connectivity index (χ1n) is 7.26. The molecule has 5 heteroatoms. The SMILES string of the molecule is O=C(NN=C1C[C@H]2CC[C@H]1C2)c1sc2ccccc2c1Cl. The van der Waals surface area contributed by atoms with E-state index in [0.717, 1.165) is 28.1 Å². The van der Waals surface area contributed by atoms with Gasteiger partial charge in [-0.2, -0.15) is 5.10 Å². The van der Waals surface area contributed by atoms with E-state index in [-0.39, 0.29) is 5.91 Å². The summed E-state index contributed by atoms with van der Waals surface area (Å²) < 4.78 is 1.03. The highest BCUT2D eigenvalue weighted by Crippen LogP contribution is 2.42. The molecule has 1 heterocycles. The fraction of sp³-hybridized carbons (Fsp3) is 0.375. The minimum atomic E-state index is -0.198. The molecule has 1 amide bonds. The van der Waals surface area contributed by atoms with Crippen LogP contribution < -0.4 is 5.43 Å². The second-order valence-electron chi connectivity index (χ2n) is 5.87. The van der Waals surface area contributed by atoms with Gasteiger partial charge in [-0.25, -0.2) is 5.43 Å². The first-order chi connectivity index (χ1) is 10.2. The number of carbonyl (C=O) groups is 1. The van der Waals surface area contributed by atoms with Gasteiger partial charge >= 0.3 is 0 Å². The van der Waals surface area contributed by atoms with E-state index in [0.29, 0.717) is 15.8 Å². The Balaban J connectivity index is 1.56. The summed E-state index contributed by atoms with van der Waals surface area (Å²) in [5.74, 6) is 1.18. The first-order valence-corrected chi connectivity index (χ1v) is 8.45. The Morgan fingerprint density at radius 1 is 1.33 bits per heavy atom. The highest BCUT2D eigenvalue weighted by molar-refractivity contribution is 7.21. The molecule has 21 heavy (non-hydrogen) atoms. The molecule has 2 fully saturated rings. The second-order valence-corrected chi connectivity index (χ2v) is 7.30. The predicted octanol–water partition coefficient (Wildman–Crippen LogP) is 4.46. The van der Waals surface area contributed by atoms with Crippen molar-refractivity contribution in [3.8, 4) is 0 Å². The Hall–Kier alpha value is -1.39. The number of hydrazone groups is 1. The Morgan fingerprint density at radius 3 is 2.90 bits per heavy atom. The van der Waals surface area contributed by atoms with Gasteiger partial charge in [-0.3, -0.25) is 4.79 Å². The summed E-state index contributed by atoms with van der Waals surface area (Å²) in [6, 6.07) is 7.79.